The van der Waals surface area contributed by atoms with Gasteiger partial charge in [0, 0.05) is 23.3 Å². The highest BCUT2D eigenvalue weighted by atomic mass is 79.9. The summed E-state index contributed by atoms with van der Waals surface area (Å²) in [5.41, 5.74) is 11.3. The van der Waals surface area contributed by atoms with Crippen LogP contribution in [0.3, 0.4) is 0 Å². The molecule has 23 heavy (non-hydrogen) atoms. The van der Waals surface area contributed by atoms with Crippen LogP contribution in [-0.4, -0.2) is 16.4 Å². The fraction of sp³-hybridized carbons (Fsp3) is 0.0714. The summed E-state index contributed by atoms with van der Waals surface area (Å²) in [5.74, 6) is -1.35. The predicted molar refractivity (Wildman–Crippen MR) is 93.2 cm³/mol. The third-order valence-electron chi connectivity index (χ3n) is 2.96. The van der Waals surface area contributed by atoms with Crippen molar-refractivity contribution in [2.75, 3.05) is 0 Å². The number of rotatable bonds is 4. The van der Waals surface area contributed by atoms with Crippen LogP contribution in [0.5, 0.6) is 0 Å². The van der Waals surface area contributed by atoms with E-state index in [9.17, 15) is 9.59 Å². The van der Waals surface area contributed by atoms with Gasteiger partial charge >= 0.3 is 0 Å². The normalized spacial score (nSPS) is 10.0. The molecule has 0 atom stereocenters. The van der Waals surface area contributed by atoms with Gasteiger partial charge in [0.25, 0.3) is 5.91 Å². The van der Waals surface area contributed by atoms with Gasteiger partial charge in [0.15, 0.2) is 0 Å². The second-order valence-corrected chi connectivity index (χ2v) is 5.50. The zero-order valence-electron chi connectivity index (χ0n) is 11.7. The number of benzene rings is 1. The number of primary amides is 2. The lowest BCUT2D eigenvalue weighted by Gasteiger charge is -2.11. The van der Waals surface area contributed by atoms with Crippen molar-refractivity contribution < 1.29 is 9.59 Å². The minimum Gasteiger partial charge on any atom is -0.366 e. The number of nitrogens with one attached hydrogen (secondary N) is 1. The van der Waals surface area contributed by atoms with E-state index in [2.05, 4.69) is 0 Å². The van der Waals surface area contributed by atoms with Crippen LogP contribution in [0.4, 0.5) is 0 Å². The fourth-order valence-electron chi connectivity index (χ4n) is 2.00. The first-order chi connectivity index (χ1) is 10.3. The zero-order chi connectivity index (χ0) is 16.4. The molecule has 6 nitrogen and oxygen atoms in total. The quantitative estimate of drug-likeness (QED) is 0.703. The van der Waals surface area contributed by atoms with Crippen LogP contribution in [0.25, 0.3) is 0 Å². The van der Waals surface area contributed by atoms with Crippen LogP contribution in [0.2, 0.25) is 10.0 Å². The van der Waals surface area contributed by atoms with Crippen molar-refractivity contribution in [3.63, 3.8) is 0 Å². The molecule has 2 amide bonds. The smallest absolute Gasteiger partial charge is 0.252 e. The second-order valence-electron chi connectivity index (χ2n) is 4.63. The Morgan fingerprint density at radius 1 is 1.04 bits per heavy atom. The van der Waals surface area contributed by atoms with E-state index in [-0.39, 0.29) is 45.2 Å². The summed E-state index contributed by atoms with van der Waals surface area (Å²) in [7, 11) is 0. The van der Waals surface area contributed by atoms with Crippen LogP contribution in [-0.2, 0) is 6.54 Å². The lowest BCUT2D eigenvalue weighted by Crippen LogP contribution is -2.29. The van der Waals surface area contributed by atoms with Crippen molar-refractivity contribution in [3.8, 4) is 0 Å². The van der Waals surface area contributed by atoms with Crippen molar-refractivity contribution in [2.45, 2.75) is 6.54 Å². The fourth-order valence-corrected chi connectivity index (χ4v) is 2.49. The molecule has 9 heteroatoms. The van der Waals surface area contributed by atoms with Crippen LogP contribution < -0.4 is 17.0 Å². The third kappa shape index (κ3) is 4.57. The van der Waals surface area contributed by atoms with E-state index in [0.29, 0.717) is 10.6 Å². The number of halogens is 3. The van der Waals surface area contributed by atoms with E-state index in [1.165, 1.54) is 22.9 Å². The Hall–Kier alpha value is -1.83. The molecule has 1 aromatic heterocycles. The number of amides is 2. The van der Waals surface area contributed by atoms with E-state index < -0.39 is 11.8 Å². The number of hydrogen-bond donors (Lipinski definition) is 3. The number of nitrogens with zero attached hydrogens (tertiary/aromatic N) is 1. The molecule has 2 aromatic rings. The average Bonchev–Trinajstić information content (AvgIpc) is 2.41. The SMILES string of the molecule is Br.N=c1c(C(N)=O)cc(Cl)cn1Cc1cc(Cl)cc(C(N)=O)c1. The van der Waals surface area contributed by atoms with Gasteiger partial charge in [-0.15, -0.1) is 17.0 Å². The maximum Gasteiger partial charge on any atom is 0.252 e. The summed E-state index contributed by atoms with van der Waals surface area (Å²) >= 11 is 11.9. The van der Waals surface area contributed by atoms with E-state index in [0.717, 1.165) is 0 Å². The minimum absolute atomic E-state index is 0. The molecule has 0 unspecified atom stereocenters. The van der Waals surface area contributed by atoms with E-state index >= 15 is 0 Å². The molecule has 0 aliphatic carbocycles. The molecule has 0 aliphatic heterocycles. The molecule has 122 valence electrons. The first kappa shape index (κ1) is 19.2. The maximum absolute atomic E-state index is 11.3. The number of carbonyl (C=O) groups excluding carboxylic acids is 2. The number of nitrogens with two attached hydrogens (primary N) is 2. The Bertz CT molecular complexity index is 836. The molecule has 1 aromatic carbocycles. The van der Waals surface area contributed by atoms with Crippen LogP contribution in [0, 0.1) is 5.41 Å². The molecule has 2 rings (SSSR count). The van der Waals surface area contributed by atoms with Gasteiger partial charge < -0.3 is 16.0 Å². The molecule has 0 saturated carbocycles. The summed E-state index contributed by atoms with van der Waals surface area (Å²) < 4.78 is 1.43. The van der Waals surface area contributed by atoms with E-state index in [4.69, 9.17) is 40.1 Å². The summed E-state index contributed by atoms with van der Waals surface area (Å²) in [4.78, 5) is 22.6. The van der Waals surface area contributed by atoms with Gasteiger partial charge in [-0.1, -0.05) is 23.2 Å². The van der Waals surface area contributed by atoms with E-state index in [1.54, 1.807) is 12.1 Å². The zero-order valence-corrected chi connectivity index (χ0v) is 14.9. The minimum atomic E-state index is -0.745. The number of pyridine rings is 1. The van der Waals surface area contributed by atoms with Crippen LogP contribution in [0.1, 0.15) is 26.3 Å². The summed E-state index contributed by atoms with van der Waals surface area (Å²) in [6, 6.07) is 5.97. The van der Waals surface area contributed by atoms with Crippen molar-refractivity contribution >= 4 is 52.0 Å². The van der Waals surface area contributed by atoms with Gasteiger partial charge in [-0.2, -0.15) is 0 Å². The Morgan fingerprint density at radius 2 is 1.70 bits per heavy atom. The summed E-state index contributed by atoms with van der Waals surface area (Å²) in [6.07, 6.45) is 1.49. The molecule has 0 aliphatic rings. The number of carbonyl (C=O) groups is 2. The first-order valence-electron chi connectivity index (χ1n) is 6.11. The van der Waals surface area contributed by atoms with Crippen LogP contribution >= 0.6 is 40.2 Å². The maximum atomic E-state index is 11.3. The highest BCUT2D eigenvalue weighted by Gasteiger charge is 2.10. The van der Waals surface area contributed by atoms with Crippen molar-refractivity contribution in [3.05, 3.63) is 62.7 Å². The van der Waals surface area contributed by atoms with Gasteiger partial charge in [-0.05, 0) is 29.8 Å². The summed E-state index contributed by atoms with van der Waals surface area (Å²) in [6.45, 7) is 0.181. The molecular weight excluding hydrogens is 407 g/mol. The number of hydrogen-bond acceptors (Lipinski definition) is 3. The topological polar surface area (TPSA) is 115 Å². The molecule has 0 fully saturated rings. The molecule has 0 bridgehead atoms. The van der Waals surface area contributed by atoms with E-state index in [1.807, 2.05) is 0 Å². The van der Waals surface area contributed by atoms with Crippen molar-refractivity contribution in [2.24, 2.45) is 11.5 Å². The highest BCUT2D eigenvalue weighted by Crippen LogP contribution is 2.16. The first-order valence-corrected chi connectivity index (χ1v) is 6.87. The molecular formula is C14H13BrCl2N4O2. The van der Waals surface area contributed by atoms with Crippen LogP contribution in [0.15, 0.2) is 30.5 Å². The lowest BCUT2D eigenvalue weighted by molar-refractivity contribution is 0.0990. The third-order valence-corrected chi connectivity index (χ3v) is 3.39. The predicted octanol–water partition coefficient (Wildman–Crippen LogP) is 2.10. The Morgan fingerprint density at radius 3 is 2.26 bits per heavy atom. The standard InChI is InChI=1S/C14H12Cl2N4O2.BrH/c15-9-2-7(1-8(3-9)13(18)21)5-20-6-10(16)4-11(12(20)17)14(19)22;/h1-4,6,17H,5H2,(H2,18,21)(H2,19,22);1H. The molecule has 0 radical (unpaired) electrons. The Balaban J connectivity index is 0.00000264. The lowest BCUT2D eigenvalue weighted by atomic mass is 10.1. The largest absolute Gasteiger partial charge is 0.366 e. The van der Waals surface area contributed by atoms with Gasteiger partial charge in [-0.3, -0.25) is 15.0 Å². The van der Waals surface area contributed by atoms with Crippen molar-refractivity contribution in [1.29, 1.82) is 5.41 Å². The Kier molecular flexibility index (Phi) is 6.37. The molecule has 0 saturated heterocycles. The summed E-state index contributed by atoms with van der Waals surface area (Å²) in [5, 5.41) is 8.60. The number of aromatic nitrogens is 1. The molecule has 0 spiro atoms. The van der Waals surface area contributed by atoms with Gasteiger partial charge in [-0.25, -0.2) is 0 Å². The Labute approximate surface area is 152 Å². The molecule has 5 N–H and O–H groups in total. The second kappa shape index (κ2) is 7.63. The molecule has 1 heterocycles. The van der Waals surface area contributed by atoms with Gasteiger partial charge in [0.05, 0.1) is 10.6 Å². The average molecular weight is 420 g/mol. The van der Waals surface area contributed by atoms with Crippen molar-refractivity contribution in [1.82, 2.24) is 4.57 Å². The van der Waals surface area contributed by atoms with Gasteiger partial charge in [0.1, 0.15) is 5.49 Å². The monoisotopic (exact) mass is 418 g/mol. The van der Waals surface area contributed by atoms with Gasteiger partial charge in [0.2, 0.25) is 5.91 Å². The highest BCUT2D eigenvalue weighted by molar-refractivity contribution is 8.93.